The molecule has 2 N–H and O–H groups in total. The maximum absolute atomic E-state index is 14.4. The van der Waals surface area contributed by atoms with E-state index in [4.69, 9.17) is 9.84 Å². The maximum Gasteiger partial charge on any atom is 0.318 e. The molecular formula is C44H58N8O5. The number of likely N-dealkylation sites (tertiary alicyclic amines) is 2. The molecule has 4 aromatic rings. The van der Waals surface area contributed by atoms with Crippen molar-refractivity contribution >= 4 is 39.7 Å². The van der Waals surface area contributed by atoms with E-state index in [1.54, 1.807) is 9.58 Å². The minimum absolute atomic E-state index is 0.0284. The summed E-state index contributed by atoms with van der Waals surface area (Å²) in [5.41, 5.74) is 4.21. The predicted molar refractivity (Wildman–Crippen MR) is 220 cm³/mol. The van der Waals surface area contributed by atoms with Gasteiger partial charge in [0.15, 0.2) is 6.73 Å². The van der Waals surface area contributed by atoms with Crippen molar-refractivity contribution in [2.75, 3.05) is 59.4 Å². The van der Waals surface area contributed by atoms with Crippen molar-refractivity contribution in [3.63, 3.8) is 0 Å². The lowest BCUT2D eigenvalue weighted by atomic mass is 9.89. The van der Waals surface area contributed by atoms with Crippen LogP contribution < -0.4 is 10.9 Å². The van der Waals surface area contributed by atoms with Gasteiger partial charge in [-0.2, -0.15) is 5.10 Å². The Morgan fingerprint density at radius 3 is 2.35 bits per heavy atom. The number of hydrogen-bond donors (Lipinski definition) is 2. The SMILES string of the molecule is Cc1cc(C[C@@H](NC(=O)N2CCC(c3cc4ccccc4[nH]c3=O)CC2)C(=O)N2CCN(C3CCN(C)CC3)CC2)cc2cn(COC(=O)C3CCCCC3)nc12. The summed E-state index contributed by atoms with van der Waals surface area (Å²) in [6, 6.07) is 13.4. The summed E-state index contributed by atoms with van der Waals surface area (Å²) in [6.07, 6.45) is 10.9. The van der Waals surface area contributed by atoms with Gasteiger partial charge in [0.1, 0.15) is 6.04 Å². The third-order valence-electron chi connectivity index (χ3n) is 13.1. The third-order valence-corrected chi connectivity index (χ3v) is 13.1. The van der Waals surface area contributed by atoms with E-state index < -0.39 is 6.04 Å². The number of amides is 3. The molecule has 0 bridgehead atoms. The number of nitrogens with zero attached hydrogens (tertiary/aromatic N) is 6. The highest BCUT2D eigenvalue weighted by Gasteiger charge is 2.34. The number of fused-ring (bicyclic) bond motifs is 2. The lowest BCUT2D eigenvalue weighted by Gasteiger charge is -2.43. The highest BCUT2D eigenvalue weighted by atomic mass is 16.5. The summed E-state index contributed by atoms with van der Waals surface area (Å²) >= 11 is 0. The van der Waals surface area contributed by atoms with Gasteiger partial charge in [0.05, 0.1) is 11.4 Å². The van der Waals surface area contributed by atoms with Crippen LogP contribution in [0.5, 0.6) is 0 Å². The number of para-hydroxylation sites is 1. The standard InChI is InChI=1S/C44H58N8O5/c1-30-24-31(25-35-28-52(47-40(30)35)29-57-43(55)33-8-4-3-5-9-33)26-39(42(54)50-22-20-49(21-23-50)36-14-16-48(2)17-15-36)46-44(56)51-18-12-32(13-19-51)37-27-34-10-6-7-11-38(34)45-41(37)53/h6-7,10-11,24-25,27-28,32-33,36,39H,3-5,8-9,12-23,26,29H2,1-2H3,(H,45,53)(H,46,56)/t39-/m1/s1. The molecule has 13 nitrogen and oxygen atoms in total. The van der Waals surface area contributed by atoms with Gasteiger partial charge in [0.25, 0.3) is 5.56 Å². The van der Waals surface area contributed by atoms with E-state index in [1.165, 1.54) is 6.42 Å². The van der Waals surface area contributed by atoms with Crippen LogP contribution in [-0.2, 0) is 27.5 Å². The van der Waals surface area contributed by atoms with E-state index in [0.29, 0.717) is 51.5 Å². The molecule has 13 heteroatoms. The summed E-state index contributed by atoms with van der Waals surface area (Å²) in [6.45, 7) is 8.18. The number of piperazine rings is 1. The van der Waals surface area contributed by atoms with Crippen LogP contribution in [0, 0.1) is 12.8 Å². The smallest absolute Gasteiger partial charge is 0.318 e. The minimum atomic E-state index is -0.753. The monoisotopic (exact) mass is 778 g/mol. The van der Waals surface area contributed by atoms with Crippen molar-refractivity contribution in [3.05, 3.63) is 75.7 Å². The summed E-state index contributed by atoms with van der Waals surface area (Å²) in [7, 11) is 2.18. The molecule has 4 aliphatic rings. The molecule has 4 fully saturated rings. The zero-order valence-electron chi connectivity index (χ0n) is 33.6. The van der Waals surface area contributed by atoms with Gasteiger partial charge in [-0.3, -0.25) is 19.3 Å². The van der Waals surface area contributed by atoms with Gasteiger partial charge >= 0.3 is 12.0 Å². The van der Waals surface area contributed by atoms with E-state index in [1.807, 2.05) is 60.5 Å². The van der Waals surface area contributed by atoms with Crippen LogP contribution in [0.4, 0.5) is 4.79 Å². The molecular weight excluding hydrogens is 721 g/mol. The molecule has 1 atom stereocenters. The number of rotatable bonds is 9. The molecule has 3 aliphatic heterocycles. The number of H-pyrrole nitrogens is 1. The number of benzene rings is 2. The number of carbonyl (C=O) groups is 3. The molecule has 5 heterocycles. The van der Waals surface area contributed by atoms with E-state index >= 15 is 0 Å². The van der Waals surface area contributed by atoms with Gasteiger partial charge in [0, 0.05) is 74.4 Å². The predicted octanol–water partition coefficient (Wildman–Crippen LogP) is 5.01. The van der Waals surface area contributed by atoms with Gasteiger partial charge in [-0.1, -0.05) is 43.5 Å². The average molecular weight is 779 g/mol. The number of hydrogen-bond acceptors (Lipinski definition) is 8. The highest BCUT2D eigenvalue weighted by Crippen LogP contribution is 2.29. The minimum Gasteiger partial charge on any atom is -0.442 e. The normalized spacial score (nSPS) is 20.2. The molecule has 57 heavy (non-hydrogen) atoms. The second-order valence-corrected chi connectivity index (χ2v) is 17.0. The first-order valence-electron chi connectivity index (χ1n) is 21.2. The first kappa shape index (κ1) is 39.1. The Bertz CT molecular complexity index is 2120. The van der Waals surface area contributed by atoms with Gasteiger partial charge in [-0.05, 0) is 106 Å². The van der Waals surface area contributed by atoms with Gasteiger partial charge < -0.3 is 29.7 Å². The van der Waals surface area contributed by atoms with Crippen LogP contribution >= 0.6 is 0 Å². The molecule has 304 valence electrons. The Kier molecular flexibility index (Phi) is 11.9. The highest BCUT2D eigenvalue weighted by molar-refractivity contribution is 5.88. The molecule has 2 aromatic heterocycles. The number of urea groups is 1. The van der Waals surface area contributed by atoms with Crippen LogP contribution in [0.2, 0.25) is 0 Å². The van der Waals surface area contributed by atoms with Crippen LogP contribution in [0.25, 0.3) is 21.8 Å². The Morgan fingerprint density at radius 1 is 0.860 bits per heavy atom. The molecule has 8 rings (SSSR count). The van der Waals surface area contributed by atoms with Crippen LogP contribution in [0.3, 0.4) is 0 Å². The number of pyridine rings is 1. The van der Waals surface area contributed by atoms with Crippen molar-refractivity contribution in [1.29, 1.82) is 0 Å². The average Bonchev–Trinajstić information content (AvgIpc) is 3.66. The van der Waals surface area contributed by atoms with Crippen LogP contribution in [-0.4, -0.2) is 124 Å². The maximum atomic E-state index is 14.4. The van der Waals surface area contributed by atoms with E-state index in [0.717, 1.165) is 103 Å². The zero-order valence-corrected chi connectivity index (χ0v) is 33.6. The molecule has 0 spiro atoms. The second-order valence-electron chi connectivity index (χ2n) is 17.0. The van der Waals surface area contributed by atoms with Gasteiger partial charge in [0.2, 0.25) is 5.91 Å². The number of piperidine rings is 2. The first-order chi connectivity index (χ1) is 27.7. The number of nitrogens with one attached hydrogen (secondary N) is 2. The Hall–Kier alpha value is -4.75. The van der Waals surface area contributed by atoms with Crippen molar-refractivity contribution in [1.82, 2.24) is 39.7 Å². The molecule has 3 saturated heterocycles. The summed E-state index contributed by atoms with van der Waals surface area (Å²) in [4.78, 5) is 65.8. The largest absolute Gasteiger partial charge is 0.442 e. The molecule has 0 radical (unpaired) electrons. The van der Waals surface area contributed by atoms with Crippen molar-refractivity contribution in [2.24, 2.45) is 5.92 Å². The van der Waals surface area contributed by atoms with Crippen molar-refractivity contribution in [3.8, 4) is 0 Å². The molecule has 1 saturated carbocycles. The second kappa shape index (κ2) is 17.4. The lowest BCUT2D eigenvalue weighted by molar-refractivity contribution is -0.154. The quantitative estimate of drug-likeness (QED) is 0.227. The fourth-order valence-corrected chi connectivity index (χ4v) is 9.63. The number of ether oxygens (including phenoxy) is 1. The number of aromatic amines is 1. The van der Waals surface area contributed by atoms with Crippen molar-refractivity contribution < 1.29 is 19.1 Å². The number of esters is 1. The fraction of sp³-hybridized carbons (Fsp3) is 0.568. The van der Waals surface area contributed by atoms with E-state index in [2.05, 4.69) is 27.1 Å². The van der Waals surface area contributed by atoms with E-state index in [9.17, 15) is 19.2 Å². The Morgan fingerprint density at radius 2 is 1.60 bits per heavy atom. The Labute approximate surface area is 334 Å². The molecule has 0 unspecified atom stereocenters. The fourth-order valence-electron chi connectivity index (χ4n) is 9.63. The number of aryl methyl sites for hydroxylation is 1. The zero-order chi connectivity index (χ0) is 39.5. The van der Waals surface area contributed by atoms with Crippen molar-refractivity contribution in [2.45, 2.75) is 95.9 Å². The van der Waals surface area contributed by atoms with Gasteiger partial charge in [-0.25, -0.2) is 9.48 Å². The lowest BCUT2D eigenvalue weighted by Crippen LogP contribution is -2.59. The summed E-state index contributed by atoms with van der Waals surface area (Å²) in [5.74, 6) is -0.194. The van der Waals surface area contributed by atoms with Gasteiger partial charge in [-0.15, -0.1) is 0 Å². The van der Waals surface area contributed by atoms with Crippen LogP contribution in [0.15, 0.2) is 53.5 Å². The first-order valence-corrected chi connectivity index (χ1v) is 21.2. The van der Waals surface area contributed by atoms with E-state index in [-0.39, 0.29) is 42.0 Å². The molecule has 2 aromatic carbocycles. The number of aromatic nitrogens is 3. The number of carbonyl (C=O) groups excluding carboxylic acids is 3. The summed E-state index contributed by atoms with van der Waals surface area (Å²) in [5, 5.41) is 9.79. The topological polar surface area (TPSA) is 136 Å². The molecule has 1 aliphatic carbocycles. The molecule has 3 amide bonds. The van der Waals surface area contributed by atoms with Crippen LogP contribution in [0.1, 0.15) is 80.4 Å². The Balaban J connectivity index is 0.951. The summed E-state index contributed by atoms with van der Waals surface area (Å²) < 4.78 is 7.35. The third kappa shape index (κ3) is 9.04.